The van der Waals surface area contributed by atoms with Gasteiger partial charge in [-0.15, -0.1) is 0 Å². The number of hydrogen-bond donors (Lipinski definition) is 1. The molecule has 0 bridgehead atoms. The summed E-state index contributed by atoms with van der Waals surface area (Å²) in [7, 11) is 1.83. The molecule has 1 heterocycles. The van der Waals surface area contributed by atoms with E-state index in [1.807, 2.05) is 13.1 Å². The number of anilines is 1. The Hall–Kier alpha value is -0.740. The predicted octanol–water partition coefficient (Wildman–Crippen LogP) is 2.57. The molecule has 68 valence electrons. The summed E-state index contributed by atoms with van der Waals surface area (Å²) >= 11 is 9.41. The zero-order chi connectivity index (χ0) is 9.59. The number of aryl methyl sites for hydroxylation is 1. The molecule has 13 heavy (non-hydrogen) atoms. The van der Waals surface area contributed by atoms with Gasteiger partial charge >= 0.3 is 0 Å². The van der Waals surface area contributed by atoms with E-state index in [-0.39, 0.29) is 0 Å². The van der Waals surface area contributed by atoms with Crippen LogP contribution in [-0.4, -0.2) is 9.78 Å². The van der Waals surface area contributed by atoms with Crippen molar-refractivity contribution in [3.8, 4) is 0 Å². The quantitative estimate of drug-likeness (QED) is 0.791. The van der Waals surface area contributed by atoms with E-state index in [0.717, 1.165) is 15.4 Å². The molecule has 3 nitrogen and oxygen atoms in total. The zero-order valence-corrected chi connectivity index (χ0v) is 9.22. The van der Waals surface area contributed by atoms with Crippen molar-refractivity contribution in [2.75, 3.05) is 5.73 Å². The van der Waals surface area contributed by atoms with Gasteiger partial charge in [-0.1, -0.05) is 11.6 Å². The molecular weight excluding hydrogens is 253 g/mol. The normalized spacial score (nSPS) is 11.0. The van der Waals surface area contributed by atoms with Gasteiger partial charge in [0, 0.05) is 11.5 Å². The van der Waals surface area contributed by atoms with Crippen LogP contribution in [0, 0.1) is 0 Å². The topological polar surface area (TPSA) is 43.8 Å². The van der Waals surface area contributed by atoms with Crippen LogP contribution in [0.5, 0.6) is 0 Å². The van der Waals surface area contributed by atoms with E-state index in [4.69, 9.17) is 17.3 Å². The molecule has 0 aliphatic rings. The van der Waals surface area contributed by atoms with Gasteiger partial charge in [-0.05, 0) is 28.1 Å². The van der Waals surface area contributed by atoms with Crippen LogP contribution in [0.15, 0.2) is 16.6 Å². The second-order valence-corrected chi connectivity index (χ2v) is 4.02. The molecule has 0 atom stereocenters. The van der Waals surface area contributed by atoms with E-state index in [1.165, 1.54) is 0 Å². The monoisotopic (exact) mass is 259 g/mol. The first-order valence-electron chi connectivity index (χ1n) is 3.67. The van der Waals surface area contributed by atoms with Crippen LogP contribution in [0.25, 0.3) is 10.9 Å². The molecule has 0 saturated carbocycles. The van der Waals surface area contributed by atoms with Gasteiger partial charge in [-0.3, -0.25) is 4.68 Å². The summed E-state index contributed by atoms with van der Waals surface area (Å²) in [6, 6.07) is 3.68. The Bertz CT molecular complexity index is 436. The summed E-state index contributed by atoms with van der Waals surface area (Å²) < 4.78 is 2.65. The van der Waals surface area contributed by atoms with Crippen molar-refractivity contribution in [3.63, 3.8) is 0 Å². The van der Waals surface area contributed by atoms with Crippen molar-refractivity contribution in [3.05, 3.63) is 21.6 Å². The maximum atomic E-state index is 5.99. The summed E-state index contributed by atoms with van der Waals surface area (Å²) in [6.07, 6.45) is 0. The number of nitrogens with zero attached hydrogens (tertiary/aromatic N) is 2. The fraction of sp³-hybridized carbons (Fsp3) is 0.125. The summed E-state index contributed by atoms with van der Waals surface area (Å²) in [4.78, 5) is 0. The minimum atomic E-state index is 0.462. The Morgan fingerprint density at radius 2 is 2.23 bits per heavy atom. The van der Waals surface area contributed by atoms with Crippen LogP contribution in [0.3, 0.4) is 0 Å². The van der Waals surface area contributed by atoms with Crippen molar-refractivity contribution in [1.29, 1.82) is 0 Å². The minimum absolute atomic E-state index is 0.462. The van der Waals surface area contributed by atoms with E-state index in [9.17, 15) is 0 Å². The Morgan fingerprint density at radius 3 is 2.85 bits per heavy atom. The lowest BCUT2D eigenvalue weighted by Crippen LogP contribution is -1.91. The molecule has 2 rings (SSSR count). The number of rotatable bonds is 0. The minimum Gasteiger partial charge on any atom is -0.382 e. The third kappa shape index (κ3) is 1.21. The summed E-state index contributed by atoms with van der Waals surface area (Å²) in [5.41, 5.74) is 6.63. The smallest absolute Gasteiger partial charge is 0.154 e. The van der Waals surface area contributed by atoms with Gasteiger partial charge in [0.25, 0.3) is 0 Å². The lowest BCUT2D eigenvalue weighted by molar-refractivity contribution is 0.800. The van der Waals surface area contributed by atoms with Crippen molar-refractivity contribution < 1.29 is 0 Å². The Labute approximate surface area is 88.6 Å². The van der Waals surface area contributed by atoms with Gasteiger partial charge in [0.2, 0.25) is 0 Å². The second-order valence-electron chi connectivity index (χ2n) is 2.76. The van der Waals surface area contributed by atoms with Gasteiger partial charge < -0.3 is 5.73 Å². The molecule has 2 aromatic rings. The van der Waals surface area contributed by atoms with E-state index in [2.05, 4.69) is 21.0 Å². The van der Waals surface area contributed by atoms with E-state index in [0.29, 0.717) is 10.8 Å². The molecule has 0 fully saturated rings. The summed E-state index contributed by atoms with van der Waals surface area (Å²) in [5, 5.41) is 5.52. The lowest BCUT2D eigenvalue weighted by Gasteiger charge is -1.98. The van der Waals surface area contributed by atoms with Gasteiger partial charge in [0.1, 0.15) is 0 Å². The molecule has 0 unspecified atom stereocenters. The highest BCUT2D eigenvalue weighted by Crippen LogP contribution is 2.32. The number of fused-ring (bicyclic) bond motifs is 1. The van der Waals surface area contributed by atoms with E-state index < -0.39 is 0 Å². The molecule has 0 spiro atoms. The fourth-order valence-corrected chi connectivity index (χ4v) is 2.20. The molecular formula is C8H7BrClN3. The SMILES string of the molecule is Cn1nc(N)c2c(Cl)ccc(Br)c21. The molecule has 0 radical (unpaired) electrons. The largest absolute Gasteiger partial charge is 0.382 e. The summed E-state index contributed by atoms with van der Waals surface area (Å²) in [6.45, 7) is 0. The third-order valence-electron chi connectivity index (χ3n) is 1.92. The number of halogens is 2. The molecule has 0 saturated heterocycles. The molecule has 1 aromatic carbocycles. The van der Waals surface area contributed by atoms with Crippen molar-refractivity contribution in [2.24, 2.45) is 7.05 Å². The number of aromatic nitrogens is 2. The average Bonchev–Trinajstić information content (AvgIpc) is 2.36. The highest BCUT2D eigenvalue weighted by molar-refractivity contribution is 9.10. The number of benzene rings is 1. The highest BCUT2D eigenvalue weighted by atomic mass is 79.9. The Morgan fingerprint density at radius 1 is 1.54 bits per heavy atom. The maximum absolute atomic E-state index is 5.99. The first-order chi connectivity index (χ1) is 6.11. The average molecular weight is 261 g/mol. The van der Waals surface area contributed by atoms with Gasteiger partial charge in [-0.2, -0.15) is 5.10 Å². The van der Waals surface area contributed by atoms with Crippen LogP contribution in [-0.2, 0) is 7.05 Å². The van der Waals surface area contributed by atoms with Gasteiger partial charge in [0.15, 0.2) is 5.82 Å². The van der Waals surface area contributed by atoms with Gasteiger partial charge in [0.05, 0.1) is 15.9 Å². The maximum Gasteiger partial charge on any atom is 0.154 e. The summed E-state index contributed by atoms with van der Waals surface area (Å²) in [5.74, 6) is 0.462. The van der Waals surface area contributed by atoms with Crippen LogP contribution >= 0.6 is 27.5 Å². The number of nitrogens with two attached hydrogens (primary N) is 1. The molecule has 5 heteroatoms. The van der Waals surface area contributed by atoms with Crippen molar-refractivity contribution >= 4 is 44.3 Å². The van der Waals surface area contributed by atoms with E-state index >= 15 is 0 Å². The van der Waals surface area contributed by atoms with Crippen LogP contribution in [0.1, 0.15) is 0 Å². The number of hydrogen-bond acceptors (Lipinski definition) is 2. The lowest BCUT2D eigenvalue weighted by atomic mass is 10.2. The first kappa shape index (κ1) is 8.84. The highest BCUT2D eigenvalue weighted by Gasteiger charge is 2.11. The van der Waals surface area contributed by atoms with Gasteiger partial charge in [-0.25, -0.2) is 0 Å². The van der Waals surface area contributed by atoms with E-state index in [1.54, 1.807) is 10.7 Å². The first-order valence-corrected chi connectivity index (χ1v) is 4.84. The van der Waals surface area contributed by atoms with Crippen LogP contribution in [0.2, 0.25) is 5.02 Å². The second kappa shape index (κ2) is 2.89. The zero-order valence-electron chi connectivity index (χ0n) is 6.88. The van der Waals surface area contributed by atoms with Crippen molar-refractivity contribution in [2.45, 2.75) is 0 Å². The molecule has 0 aliphatic carbocycles. The Kier molecular flexibility index (Phi) is 1.96. The number of nitrogen functional groups attached to an aromatic ring is 1. The molecule has 0 aliphatic heterocycles. The molecule has 1 aromatic heterocycles. The van der Waals surface area contributed by atoms with Crippen molar-refractivity contribution in [1.82, 2.24) is 9.78 Å². The fourth-order valence-electron chi connectivity index (χ4n) is 1.36. The standard InChI is InChI=1S/C8H7BrClN3/c1-13-7-4(9)2-3-5(10)6(7)8(11)12-13/h2-3H,1H3,(H2,11,12). The van der Waals surface area contributed by atoms with Crippen LogP contribution < -0.4 is 5.73 Å². The van der Waals surface area contributed by atoms with Crippen LogP contribution in [0.4, 0.5) is 5.82 Å². The molecule has 2 N–H and O–H groups in total. The Balaban J connectivity index is 3.03. The predicted molar refractivity (Wildman–Crippen MR) is 57.8 cm³/mol. The molecule has 0 amide bonds. The third-order valence-corrected chi connectivity index (χ3v) is 2.87.